The van der Waals surface area contributed by atoms with E-state index in [1.54, 1.807) is 0 Å². The fraction of sp³-hybridized carbons (Fsp3) is 0.500. The van der Waals surface area contributed by atoms with Gasteiger partial charge in [-0.15, -0.1) is 0 Å². The van der Waals surface area contributed by atoms with E-state index in [2.05, 4.69) is 32.9 Å². The lowest BCUT2D eigenvalue weighted by Crippen LogP contribution is -2.31. The number of ether oxygens (including phenoxy) is 1. The van der Waals surface area contributed by atoms with E-state index in [-0.39, 0.29) is 11.5 Å². The predicted octanol–water partition coefficient (Wildman–Crippen LogP) is 3.43. The molecule has 1 aromatic carbocycles. The highest BCUT2D eigenvalue weighted by atomic mass is 32.1. The van der Waals surface area contributed by atoms with Crippen molar-refractivity contribution in [1.82, 2.24) is 0 Å². The summed E-state index contributed by atoms with van der Waals surface area (Å²) >= 11 is 4.95. The minimum Gasteiger partial charge on any atom is -0.483 e. The summed E-state index contributed by atoms with van der Waals surface area (Å²) < 4.78 is 5.73. The lowest BCUT2D eigenvalue weighted by atomic mass is 9.87. The third-order valence-corrected chi connectivity index (χ3v) is 2.95. The summed E-state index contributed by atoms with van der Waals surface area (Å²) in [5.74, 6) is 0.817. The van der Waals surface area contributed by atoms with Crippen LogP contribution in [0.2, 0.25) is 0 Å². The molecular formula is C14H21NOS. The lowest BCUT2D eigenvalue weighted by molar-refractivity contribution is 0.264. The van der Waals surface area contributed by atoms with Gasteiger partial charge in [-0.25, -0.2) is 0 Å². The molecule has 2 N–H and O–H groups in total. The van der Waals surface area contributed by atoms with Crippen LogP contribution in [0.3, 0.4) is 0 Å². The Labute approximate surface area is 109 Å². The van der Waals surface area contributed by atoms with Crippen molar-refractivity contribution in [3.05, 3.63) is 29.8 Å². The van der Waals surface area contributed by atoms with Crippen LogP contribution in [0, 0.1) is 0 Å². The average Bonchev–Trinajstić information content (AvgIpc) is 2.25. The molecule has 0 aliphatic rings. The van der Waals surface area contributed by atoms with Gasteiger partial charge in [0.1, 0.15) is 16.8 Å². The van der Waals surface area contributed by atoms with Crippen molar-refractivity contribution in [2.24, 2.45) is 5.73 Å². The molecule has 17 heavy (non-hydrogen) atoms. The number of nitrogens with two attached hydrogens (primary N) is 1. The molecule has 0 bridgehead atoms. The van der Waals surface area contributed by atoms with E-state index in [1.807, 2.05) is 19.1 Å². The van der Waals surface area contributed by atoms with Gasteiger partial charge in [-0.1, -0.05) is 52.0 Å². The Balaban J connectivity index is 2.78. The highest BCUT2D eigenvalue weighted by Crippen LogP contribution is 2.24. The molecule has 0 spiro atoms. The van der Waals surface area contributed by atoms with Gasteiger partial charge in [0.2, 0.25) is 0 Å². The van der Waals surface area contributed by atoms with Crippen molar-refractivity contribution in [2.75, 3.05) is 0 Å². The minimum atomic E-state index is -0.175. The number of thiocarbonyl (C=S) groups is 1. The smallest absolute Gasteiger partial charge is 0.148 e. The summed E-state index contributed by atoms with van der Waals surface area (Å²) in [4.78, 5) is 0.410. The highest BCUT2D eigenvalue weighted by molar-refractivity contribution is 7.80. The molecule has 1 unspecified atom stereocenters. The molecule has 0 radical (unpaired) electrons. The van der Waals surface area contributed by atoms with E-state index in [9.17, 15) is 0 Å². The van der Waals surface area contributed by atoms with Crippen LogP contribution < -0.4 is 10.5 Å². The number of rotatable bonds is 4. The predicted molar refractivity (Wildman–Crippen MR) is 76.6 cm³/mol. The van der Waals surface area contributed by atoms with Crippen LogP contribution in [-0.4, -0.2) is 11.1 Å². The Morgan fingerprint density at radius 1 is 1.29 bits per heavy atom. The third-order valence-electron chi connectivity index (χ3n) is 2.69. The van der Waals surface area contributed by atoms with E-state index in [1.165, 1.54) is 5.56 Å². The van der Waals surface area contributed by atoms with Crippen LogP contribution in [0.1, 0.15) is 39.7 Å². The standard InChI is InChI=1S/C14H21NOS/c1-5-12(13(15)17)16-11-8-6-10(7-9-11)14(2,3)4/h6-9,12H,5H2,1-4H3,(H2,15,17). The second-order valence-electron chi connectivity index (χ2n) is 5.19. The second-order valence-corrected chi connectivity index (χ2v) is 5.66. The van der Waals surface area contributed by atoms with Crippen molar-refractivity contribution in [3.8, 4) is 5.75 Å². The Morgan fingerprint density at radius 3 is 2.18 bits per heavy atom. The van der Waals surface area contributed by atoms with Crippen LogP contribution in [0.4, 0.5) is 0 Å². The summed E-state index contributed by atoms with van der Waals surface area (Å²) in [6, 6.07) is 8.12. The van der Waals surface area contributed by atoms with E-state index in [0.717, 1.165) is 12.2 Å². The van der Waals surface area contributed by atoms with Gasteiger partial charge in [0.15, 0.2) is 0 Å². The molecule has 2 nitrogen and oxygen atoms in total. The van der Waals surface area contributed by atoms with Crippen molar-refractivity contribution in [3.63, 3.8) is 0 Å². The summed E-state index contributed by atoms with van der Waals surface area (Å²) in [6.45, 7) is 8.57. The number of benzene rings is 1. The maximum Gasteiger partial charge on any atom is 0.148 e. The highest BCUT2D eigenvalue weighted by Gasteiger charge is 2.14. The molecule has 0 aliphatic heterocycles. The van der Waals surface area contributed by atoms with Crippen LogP contribution >= 0.6 is 12.2 Å². The summed E-state index contributed by atoms with van der Waals surface area (Å²) in [7, 11) is 0. The quantitative estimate of drug-likeness (QED) is 0.833. The maximum absolute atomic E-state index is 5.73. The first-order valence-electron chi connectivity index (χ1n) is 5.91. The van der Waals surface area contributed by atoms with Crippen molar-refractivity contribution < 1.29 is 4.74 Å². The van der Waals surface area contributed by atoms with E-state index in [0.29, 0.717) is 4.99 Å². The van der Waals surface area contributed by atoms with Gasteiger partial charge in [-0.2, -0.15) is 0 Å². The Morgan fingerprint density at radius 2 is 1.82 bits per heavy atom. The van der Waals surface area contributed by atoms with E-state index < -0.39 is 0 Å². The van der Waals surface area contributed by atoms with Gasteiger partial charge < -0.3 is 10.5 Å². The van der Waals surface area contributed by atoms with Gasteiger partial charge in [0, 0.05) is 0 Å². The first-order valence-corrected chi connectivity index (χ1v) is 6.32. The molecule has 0 saturated carbocycles. The first-order chi connectivity index (χ1) is 7.84. The normalized spacial score (nSPS) is 13.2. The maximum atomic E-state index is 5.73. The van der Waals surface area contributed by atoms with Gasteiger partial charge in [-0.05, 0) is 29.5 Å². The molecule has 1 atom stereocenters. The molecule has 1 aromatic rings. The van der Waals surface area contributed by atoms with E-state index >= 15 is 0 Å². The first kappa shape index (κ1) is 14.0. The molecule has 0 amide bonds. The van der Waals surface area contributed by atoms with Crippen LogP contribution in [0.5, 0.6) is 5.75 Å². The van der Waals surface area contributed by atoms with Gasteiger partial charge in [-0.3, -0.25) is 0 Å². The zero-order valence-corrected chi connectivity index (χ0v) is 11.8. The Bertz CT molecular complexity index is 378. The van der Waals surface area contributed by atoms with Crippen molar-refractivity contribution in [2.45, 2.75) is 45.6 Å². The third kappa shape index (κ3) is 4.00. The van der Waals surface area contributed by atoms with Gasteiger partial charge >= 0.3 is 0 Å². The summed E-state index contributed by atoms with van der Waals surface area (Å²) in [6.07, 6.45) is 0.613. The van der Waals surface area contributed by atoms with Crippen molar-refractivity contribution >= 4 is 17.2 Å². The van der Waals surface area contributed by atoms with Crippen LogP contribution in [0.15, 0.2) is 24.3 Å². The second kappa shape index (κ2) is 5.50. The summed E-state index contributed by atoms with van der Waals surface area (Å²) in [5, 5.41) is 0. The molecule has 0 aliphatic carbocycles. The largest absolute Gasteiger partial charge is 0.483 e. The fourth-order valence-corrected chi connectivity index (χ4v) is 1.76. The zero-order valence-electron chi connectivity index (χ0n) is 11.0. The monoisotopic (exact) mass is 251 g/mol. The van der Waals surface area contributed by atoms with Crippen molar-refractivity contribution in [1.29, 1.82) is 0 Å². The Kier molecular flexibility index (Phi) is 4.52. The lowest BCUT2D eigenvalue weighted by Gasteiger charge is -2.20. The summed E-state index contributed by atoms with van der Waals surface area (Å²) in [5.41, 5.74) is 7.04. The van der Waals surface area contributed by atoms with Gasteiger partial charge in [0.25, 0.3) is 0 Å². The van der Waals surface area contributed by atoms with Gasteiger partial charge in [0.05, 0.1) is 0 Å². The van der Waals surface area contributed by atoms with E-state index in [4.69, 9.17) is 22.7 Å². The SMILES string of the molecule is CCC(Oc1ccc(C(C)(C)C)cc1)C(N)=S. The topological polar surface area (TPSA) is 35.2 Å². The molecule has 94 valence electrons. The minimum absolute atomic E-state index is 0.159. The molecule has 1 rings (SSSR count). The average molecular weight is 251 g/mol. The Hall–Kier alpha value is -1.09. The molecule has 0 fully saturated rings. The fourth-order valence-electron chi connectivity index (χ4n) is 1.54. The molecule has 0 saturated heterocycles. The molecule has 0 aromatic heterocycles. The van der Waals surface area contributed by atoms with Crippen LogP contribution in [-0.2, 0) is 5.41 Å². The molecular weight excluding hydrogens is 230 g/mol. The number of hydrogen-bond acceptors (Lipinski definition) is 2. The molecule has 0 heterocycles. The molecule has 3 heteroatoms. The zero-order chi connectivity index (χ0) is 13.1. The number of hydrogen-bond donors (Lipinski definition) is 1. The van der Waals surface area contributed by atoms with Crippen LogP contribution in [0.25, 0.3) is 0 Å².